The summed E-state index contributed by atoms with van der Waals surface area (Å²) in [6.45, 7) is 4.94. The van der Waals surface area contributed by atoms with Crippen LogP contribution in [0.3, 0.4) is 0 Å². The molecule has 2 aromatic heterocycles. The van der Waals surface area contributed by atoms with Crippen LogP contribution in [-0.2, 0) is 6.54 Å². The lowest BCUT2D eigenvalue weighted by molar-refractivity contribution is 0.203. The lowest BCUT2D eigenvalue weighted by atomic mass is 9.89. The number of hydrogen-bond acceptors (Lipinski definition) is 7. The van der Waals surface area contributed by atoms with Gasteiger partial charge >= 0.3 is 0 Å². The Bertz CT molecular complexity index is 1200. The number of piperidine rings is 1. The van der Waals surface area contributed by atoms with Gasteiger partial charge in [-0.2, -0.15) is 4.98 Å². The highest BCUT2D eigenvalue weighted by Gasteiger charge is 2.32. The molecule has 3 aromatic rings. The van der Waals surface area contributed by atoms with Crippen LogP contribution in [0.1, 0.15) is 44.1 Å². The van der Waals surface area contributed by atoms with Crippen LogP contribution >= 0.6 is 0 Å². The van der Waals surface area contributed by atoms with Crippen LogP contribution in [0.5, 0.6) is 5.75 Å². The predicted molar refractivity (Wildman–Crippen MR) is 127 cm³/mol. The molecule has 0 bridgehead atoms. The Morgan fingerprint density at radius 1 is 1.19 bits per heavy atom. The lowest BCUT2D eigenvalue weighted by Crippen LogP contribution is -2.34. The van der Waals surface area contributed by atoms with Crippen molar-refractivity contribution in [3.8, 4) is 5.75 Å². The maximum Gasteiger partial charge on any atom is 0.229 e. The van der Waals surface area contributed by atoms with Crippen molar-refractivity contribution < 1.29 is 4.74 Å². The second kappa shape index (κ2) is 8.43. The minimum atomic E-state index is -0.177. The number of benzene rings is 1. The Kier molecular flexibility index (Phi) is 5.46. The van der Waals surface area contributed by atoms with Crippen molar-refractivity contribution >= 4 is 28.5 Å². The van der Waals surface area contributed by atoms with Crippen LogP contribution in [0.15, 0.2) is 35.3 Å². The van der Waals surface area contributed by atoms with Crippen molar-refractivity contribution in [2.45, 2.75) is 51.1 Å². The molecule has 3 N–H and O–H groups in total. The first-order valence-corrected chi connectivity index (χ1v) is 11.4. The molecule has 0 atom stereocenters. The van der Waals surface area contributed by atoms with Crippen LogP contribution in [0.4, 0.5) is 17.5 Å². The van der Waals surface area contributed by atoms with Crippen molar-refractivity contribution in [3.05, 3.63) is 46.2 Å². The monoisotopic (exact) mass is 434 g/mol. The minimum Gasteiger partial charge on any atom is -0.495 e. The Morgan fingerprint density at radius 2 is 1.97 bits per heavy atom. The number of nitrogen functional groups attached to an aromatic ring is 1. The smallest absolute Gasteiger partial charge is 0.229 e. The Morgan fingerprint density at radius 3 is 2.66 bits per heavy atom. The molecule has 1 saturated heterocycles. The molecule has 3 heterocycles. The van der Waals surface area contributed by atoms with Gasteiger partial charge in [0.25, 0.3) is 0 Å². The Balaban J connectivity index is 1.39. The molecular formula is C24H30N6O2. The average Bonchev–Trinajstić information content (AvgIpc) is 3.65. The van der Waals surface area contributed by atoms with Gasteiger partial charge < -0.3 is 25.3 Å². The standard InChI is InChI=1S/C24H30N6O2/c1-3-30-22(25)13-20(31)18-14-26-24(28-23(18)30)27-19-7-4-16(12-21(19)32-2)15-8-10-29(11-9-15)17-5-6-17/h4,7,12-15,17H,3,5-6,8-11,25H2,1-2H3,(H,26,27,28). The summed E-state index contributed by atoms with van der Waals surface area (Å²) in [6, 6.07) is 8.59. The van der Waals surface area contributed by atoms with E-state index >= 15 is 0 Å². The minimum absolute atomic E-state index is 0.177. The molecule has 0 unspecified atom stereocenters. The van der Waals surface area contributed by atoms with Gasteiger partial charge in [-0.25, -0.2) is 4.98 Å². The number of aryl methyl sites for hydroxylation is 1. The molecule has 0 radical (unpaired) electrons. The second-order valence-electron chi connectivity index (χ2n) is 8.73. The molecule has 5 rings (SSSR count). The predicted octanol–water partition coefficient (Wildman–Crippen LogP) is 3.49. The van der Waals surface area contributed by atoms with Crippen molar-refractivity contribution in [2.75, 3.05) is 31.2 Å². The molecule has 1 aliphatic carbocycles. The fourth-order valence-corrected chi connectivity index (χ4v) is 4.78. The number of ether oxygens (including phenoxy) is 1. The normalized spacial score (nSPS) is 17.6. The first-order valence-electron chi connectivity index (χ1n) is 11.4. The van der Waals surface area contributed by atoms with E-state index < -0.39 is 0 Å². The molecule has 2 fully saturated rings. The van der Waals surface area contributed by atoms with Crippen LogP contribution in [-0.4, -0.2) is 45.7 Å². The van der Waals surface area contributed by atoms with Gasteiger partial charge in [-0.05, 0) is 69.3 Å². The molecule has 2 aliphatic rings. The zero-order chi connectivity index (χ0) is 22.2. The first kappa shape index (κ1) is 20.8. The molecule has 8 heteroatoms. The second-order valence-corrected chi connectivity index (χ2v) is 8.73. The molecule has 0 amide bonds. The number of anilines is 3. The number of methoxy groups -OCH3 is 1. The molecular weight excluding hydrogens is 404 g/mol. The van der Waals surface area contributed by atoms with E-state index in [1.54, 1.807) is 17.9 Å². The van der Waals surface area contributed by atoms with E-state index in [-0.39, 0.29) is 5.43 Å². The number of hydrogen-bond donors (Lipinski definition) is 2. The maximum absolute atomic E-state index is 12.3. The third-order valence-electron chi connectivity index (χ3n) is 6.73. The van der Waals surface area contributed by atoms with Crippen molar-refractivity contribution in [1.82, 2.24) is 19.4 Å². The summed E-state index contributed by atoms with van der Waals surface area (Å²) in [5, 5.41) is 3.70. The quantitative estimate of drug-likeness (QED) is 0.613. The number of aromatic nitrogens is 3. The summed E-state index contributed by atoms with van der Waals surface area (Å²) >= 11 is 0. The first-order chi connectivity index (χ1) is 15.6. The number of rotatable bonds is 6. The van der Waals surface area contributed by atoms with Crippen molar-refractivity contribution in [2.24, 2.45) is 0 Å². The summed E-state index contributed by atoms with van der Waals surface area (Å²) in [5.41, 5.74) is 8.47. The van der Waals surface area contributed by atoms with Gasteiger partial charge in [-0.15, -0.1) is 0 Å². The Hall–Kier alpha value is -3.13. The van der Waals surface area contributed by atoms with E-state index in [9.17, 15) is 4.79 Å². The van der Waals surface area contributed by atoms with Gasteiger partial charge in [0.2, 0.25) is 5.95 Å². The van der Waals surface area contributed by atoms with Crippen LogP contribution < -0.4 is 21.2 Å². The van der Waals surface area contributed by atoms with E-state index in [2.05, 4.69) is 32.3 Å². The summed E-state index contributed by atoms with van der Waals surface area (Å²) in [5.74, 6) is 2.11. The number of nitrogens with zero attached hydrogens (tertiary/aromatic N) is 4. The highest BCUT2D eigenvalue weighted by molar-refractivity contribution is 5.78. The summed E-state index contributed by atoms with van der Waals surface area (Å²) < 4.78 is 7.49. The number of pyridine rings is 1. The molecule has 1 aromatic carbocycles. The van der Waals surface area contributed by atoms with Crippen LogP contribution in [0, 0.1) is 0 Å². The van der Waals surface area contributed by atoms with Gasteiger partial charge in [0.1, 0.15) is 11.6 Å². The summed E-state index contributed by atoms with van der Waals surface area (Å²) in [7, 11) is 1.68. The number of likely N-dealkylation sites (tertiary alicyclic amines) is 1. The highest BCUT2D eigenvalue weighted by atomic mass is 16.5. The van der Waals surface area contributed by atoms with Gasteiger partial charge in [0.15, 0.2) is 11.1 Å². The van der Waals surface area contributed by atoms with E-state index in [4.69, 9.17) is 10.5 Å². The zero-order valence-electron chi connectivity index (χ0n) is 18.7. The maximum atomic E-state index is 12.3. The zero-order valence-corrected chi connectivity index (χ0v) is 18.7. The van der Waals surface area contributed by atoms with Crippen molar-refractivity contribution in [1.29, 1.82) is 0 Å². The molecule has 0 spiro atoms. The van der Waals surface area contributed by atoms with Gasteiger partial charge in [0.05, 0.1) is 18.2 Å². The molecule has 8 nitrogen and oxygen atoms in total. The van der Waals surface area contributed by atoms with Crippen molar-refractivity contribution in [3.63, 3.8) is 0 Å². The fourth-order valence-electron chi connectivity index (χ4n) is 4.78. The third-order valence-corrected chi connectivity index (χ3v) is 6.73. The summed E-state index contributed by atoms with van der Waals surface area (Å²) in [4.78, 5) is 23.8. The van der Waals surface area contributed by atoms with Crippen LogP contribution in [0.2, 0.25) is 0 Å². The number of nitrogens with two attached hydrogens (primary N) is 1. The molecule has 168 valence electrons. The molecule has 1 aliphatic heterocycles. The fraction of sp³-hybridized carbons (Fsp3) is 0.458. The van der Waals surface area contributed by atoms with Gasteiger partial charge in [0, 0.05) is 24.8 Å². The van der Waals surface area contributed by atoms with E-state index in [1.807, 2.05) is 13.0 Å². The van der Waals surface area contributed by atoms with Gasteiger partial charge in [-0.3, -0.25) is 4.79 Å². The van der Waals surface area contributed by atoms with E-state index in [1.165, 1.54) is 50.4 Å². The SMILES string of the molecule is CCn1c(N)cc(=O)c2cnc(Nc3ccc(C4CCN(C5CC5)CC4)cc3OC)nc21. The number of nitrogens with one attached hydrogen (secondary N) is 1. The Labute approximate surface area is 187 Å². The third kappa shape index (κ3) is 3.90. The molecule has 32 heavy (non-hydrogen) atoms. The van der Waals surface area contributed by atoms with E-state index in [0.29, 0.717) is 35.3 Å². The van der Waals surface area contributed by atoms with Gasteiger partial charge in [-0.1, -0.05) is 6.07 Å². The van der Waals surface area contributed by atoms with Crippen LogP contribution in [0.25, 0.3) is 11.0 Å². The topological polar surface area (TPSA) is 98.3 Å². The lowest BCUT2D eigenvalue weighted by Gasteiger charge is -2.32. The number of fused-ring (bicyclic) bond motifs is 1. The molecule has 1 saturated carbocycles. The summed E-state index contributed by atoms with van der Waals surface area (Å²) in [6.07, 6.45) is 6.67. The average molecular weight is 435 g/mol. The largest absolute Gasteiger partial charge is 0.495 e. The van der Waals surface area contributed by atoms with E-state index in [0.717, 1.165) is 17.5 Å². The highest BCUT2D eigenvalue weighted by Crippen LogP contribution is 2.37.